The van der Waals surface area contributed by atoms with E-state index >= 15 is 0 Å². The monoisotopic (exact) mass is 348 g/mol. The molecule has 1 aliphatic heterocycles. The van der Waals surface area contributed by atoms with Gasteiger partial charge in [0.1, 0.15) is 5.82 Å². The number of anilines is 1. The van der Waals surface area contributed by atoms with Crippen molar-refractivity contribution in [1.82, 2.24) is 14.5 Å². The van der Waals surface area contributed by atoms with E-state index in [1.54, 1.807) is 0 Å². The van der Waals surface area contributed by atoms with Gasteiger partial charge in [0.05, 0.1) is 17.6 Å². The Bertz CT molecular complexity index is 916. The summed E-state index contributed by atoms with van der Waals surface area (Å²) < 4.78 is 2.29. The second kappa shape index (κ2) is 7.30. The number of rotatable bonds is 5. The standard InChI is InChI=1S/C21H24N4O/c1-2-24-12-13-25-19-10-9-17(14-18(19)23-20(25)15-24)22-21(26)11-8-16-6-4-3-5-7-16/h3-7,9-10,14H,2,8,11-13,15H2,1H3,(H,22,26). The highest BCUT2D eigenvalue weighted by Crippen LogP contribution is 2.23. The van der Waals surface area contributed by atoms with Crippen LogP contribution in [0.3, 0.4) is 0 Å². The van der Waals surface area contributed by atoms with Crippen molar-refractivity contribution in [3.8, 4) is 0 Å². The number of hydrogen-bond acceptors (Lipinski definition) is 3. The molecule has 4 rings (SSSR count). The molecule has 0 atom stereocenters. The lowest BCUT2D eigenvalue weighted by Gasteiger charge is -2.26. The van der Waals surface area contributed by atoms with Crippen molar-refractivity contribution in [1.29, 1.82) is 0 Å². The third-order valence-electron chi connectivity index (χ3n) is 5.05. The van der Waals surface area contributed by atoms with E-state index in [1.165, 1.54) is 5.56 Å². The maximum Gasteiger partial charge on any atom is 0.224 e. The minimum atomic E-state index is 0.0364. The molecular weight excluding hydrogens is 324 g/mol. The van der Waals surface area contributed by atoms with Crippen molar-refractivity contribution >= 4 is 22.6 Å². The zero-order valence-corrected chi connectivity index (χ0v) is 15.1. The number of nitrogens with one attached hydrogen (secondary N) is 1. The largest absolute Gasteiger partial charge is 0.326 e. The molecule has 0 saturated carbocycles. The maximum absolute atomic E-state index is 12.3. The number of carbonyl (C=O) groups excluding carboxylic acids is 1. The number of aryl methyl sites for hydroxylation is 1. The summed E-state index contributed by atoms with van der Waals surface area (Å²) in [5.41, 5.74) is 4.11. The quantitative estimate of drug-likeness (QED) is 0.768. The van der Waals surface area contributed by atoms with Gasteiger partial charge in [-0.05, 0) is 36.7 Å². The van der Waals surface area contributed by atoms with E-state index in [1.807, 2.05) is 30.3 Å². The van der Waals surface area contributed by atoms with Gasteiger partial charge in [-0.2, -0.15) is 0 Å². The van der Waals surface area contributed by atoms with Crippen LogP contribution >= 0.6 is 0 Å². The molecule has 1 N–H and O–H groups in total. The Kier molecular flexibility index (Phi) is 4.71. The first-order valence-corrected chi connectivity index (χ1v) is 9.28. The molecule has 134 valence electrons. The molecule has 0 unspecified atom stereocenters. The fourth-order valence-electron chi connectivity index (χ4n) is 3.54. The Morgan fingerprint density at radius 2 is 2.00 bits per heavy atom. The number of imidazole rings is 1. The molecule has 0 bridgehead atoms. The van der Waals surface area contributed by atoms with Crippen LogP contribution in [0, 0.1) is 0 Å². The van der Waals surface area contributed by atoms with E-state index < -0.39 is 0 Å². The number of amides is 1. The van der Waals surface area contributed by atoms with Gasteiger partial charge in [0.2, 0.25) is 5.91 Å². The van der Waals surface area contributed by atoms with Crippen molar-refractivity contribution in [2.45, 2.75) is 32.9 Å². The summed E-state index contributed by atoms with van der Waals surface area (Å²) in [6, 6.07) is 16.1. The summed E-state index contributed by atoms with van der Waals surface area (Å²) >= 11 is 0. The summed E-state index contributed by atoms with van der Waals surface area (Å²) in [6.45, 7) is 6.16. The first-order valence-electron chi connectivity index (χ1n) is 9.28. The van der Waals surface area contributed by atoms with Gasteiger partial charge in [-0.15, -0.1) is 0 Å². The van der Waals surface area contributed by atoms with Gasteiger partial charge in [-0.1, -0.05) is 37.3 Å². The molecule has 2 heterocycles. The topological polar surface area (TPSA) is 50.2 Å². The molecule has 1 aromatic heterocycles. The van der Waals surface area contributed by atoms with Crippen LogP contribution in [0.15, 0.2) is 48.5 Å². The number of fused-ring (bicyclic) bond motifs is 3. The number of likely N-dealkylation sites (N-methyl/N-ethyl adjacent to an activating group) is 1. The van der Waals surface area contributed by atoms with Crippen LogP contribution in [0.5, 0.6) is 0 Å². The Hall–Kier alpha value is -2.66. The van der Waals surface area contributed by atoms with E-state index in [-0.39, 0.29) is 5.91 Å². The smallest absolute Gasteiger partial charge is 0.224 e. The molecule has 1 aliphatic rings. The molecule has 2 aromatic carbocycles. The average Bonchev–Trinajstić information content (AvgIpc) is 3.03. The van der Waals surface area contributed by atoms with Crippen LogP contribution in [-0.2, 0) is 24.3 Å². The van der Waals surface area contributed by atoms with Gasteiger partial charge in [0.25, 0.3) is 0 Å². The summed E-state index contributed by atoms with van der Waals surface area (Å²) in [7, 11) is 0. The summed E-state index contributed by atoms with van der Waals surface area (Å²) in [5, 5.41) is 3.01. The van der Waals surface area contributed by atoms with E-state index in [9.17, 15) is 4.79 Å². The molecule has 26 heavy (non-hydrogen) atoms. The Morgan fingerprint density at radius 1 is 1.15 bits per heavy atom. The van der Waals surface area contributed by atoms with Crippen LogP contribution < -0.4 is 5.32 Å². The van der Waals surface area contributed by atoms with Gasteiger partial charge in [0.15, 0.2) is 0 Å². The van der Waals surface area contributed by atoms with Crippen LogP contribution in [0.4, 0.5) is 5.69 Å². The second-order valence-corrected chi connectivity index (χ2v) is 6.79. The second-order valence-electron chi connectivity index (χ2n) is 6.79. The molecule has 0 saturated heterocycles. The Balaban J connectivity index is 1.45. The predicted octanol–water partition coefficient (Wildman–Crippen LogP) is 3.44. The van der Waals surface area contributed by atoms with Gasteiger partial charge in [0, 0.05) is 25.2 Å². The van der Waals surface area contributed by atoms with Gasteiger partial charge in [-0.25, -0.2) is 4.98 Å². The van der Waals surface area contributed by atoms with Crippen molar-refractivity contribution in [2.75, 3.05) is 18.4 Å². The van der Waals surface area contributed by atoms with E-state index in [0.717, 1.165) is 55.1 Å². The highest BCUT2D eigenvalue weighted by atomic mass is 16.1. The number of hydrogen-bond donors (Lipinski definition) is 1. The van der Waals surface area contributed by atoms with Gasteiger partial charge in [-0.3, -0.25) is 9.69 Å². The van der Waals surface area contributed by atoms with Crippen LogP contribution in [-0.4, -0.2) is 33.4 Å². The van der Waals surface area contributed by atoms with Crippen molar-refractivity contribution < 1.29 is 4.79 Å². The predicted molar refractivity (Wildman–Crippen MR) is 104 cm³/mol. The molecule has 3 aromatic rings. The zero-order chi connectivity index (χ0) is 17.9. The highest BCUT2D eigenvalue weighted by molar-refractivity contribution is 5.93. The molecule has 5 nitrogen and oxygen atoms in total. The zero-order valence-electron chi connectivity index (χ0n) is 15.1. The fraction of sp³-hybridized carbons (Fsp3) is 0.333. The number of nitrogens with zero attached hydrogens (tertiary/aromatic N) is 3. The third-order valence-corrected chi connectivity index (χ3v) is 5.05. The SMILES string of the molecule is CCN1CCn2c(nc3cc(NC(=O)CCc4ccccc4)ccc32)C1. The van der Waals surface area contributed by atoms with Crippen molar-refractivity contribution in [3.05, 3.63) is 59.9 Å². The minimum Gasteiger partial charge on any atom is -0.326 e. The average molecular weight is 348 g/mol. The van der Waals surface area contributed by atoms with Crippen LogP contribution in [0.1, 0.15) is 24.7 Å². The molecule has 5 heteroatoms. The molecule has 0 aliphatic carbocycles. The minimum absolute atomic E-state index is 0.0364. The molecule has 0 spiro atoms. The summed E-state index contributed by atoms with van der Waals surface area (Å²) in [6.07, 6.45) is 1.23. The van der Waals surface area contributed by atoms with Crippen molar-refractivity contribution in [3.63, 3.8) is 0 Å². The summed E-state index contributed by atoms with van der Waals surface area (Å²) in [5.74, 6) is 1.15. The molecular formula is C21H24N4O. The van der Waals surface area contributed by atoms with Crippen LogP contribution in [0.2, 0.25) is 0 Å². The lowest BCUT2D eigenvalue weighted by atomic mass is 10.1. The number of benzene rings is 2. The highest BCUT2D eigenvalue weighted by Gasteiger charge is 2.19. The first kappa shape index (κ1) is 16.8. The Labute approximate surface area is 153 Å². The van der Waals surface area contributed by atoms with E-state index in [2.05, 4.69) is 39.9 Å². The fourth-order valence-corrected chi connectivity index (χ4v) is 3.54. The number of carbonyl (C=O) groups is 1. The molecule has 0 radical (unpaired) electrons. The van der Waals surface area contributed by atoms with Gasteiger partial charge >= 0.3 is 0 Å². The van der Waals surface area contributed by atoms with Crippen molar-refractivity contribution in [2.24, 2.45) is 0 Å². The maximum atomic E-state index is 12.3. The number of aromatic nitrogens is 2. The van der Waals surface area contributed by atoms with E-state index in [4.69, 9.17) is 4.98 Å². The third kappa shape index (κ3) is 3.48. The Morgan fingerprint density at radius 3 is 2.81 bits per heavy atom. The molecule has 1 amide bonds. The van der Waals surface area contributed by atoms with Gasteiger partial charge < -0.3 is 9.88 Å². The lowest BCUT2D eigenvalue weighted by molar-refractivity contribution is -0.116. The van der Waals surface area contributed by atoms with E-state index in [0.29, 0.717) is 6.42 Å². The lowest BCUT2D eigenvalue weighted by Crippen LogP contribution is -2.33. The molecule has 0 fully saturated rings. The summed E-state index contributed by atoms with van der Waals surface area (Å²) in [4.78, 5) is 19.4. The van der Waals surface area contributed by atoms with Crippen LogP contribution in [0.25, 0.3) is 11.0 Å². The normalized spacial score (nSPS) is 14.3. The first-order chi connectivity index (χ1) is 12.7.